The molecule has 0 radical (unpaired) electrons. The summed E-state index contributed by atoms with van der Waals surface area (Å²) in [7, 11) is 0. The normalized spacial score (nSPS) is 13.6. The number of aromatic carboxylic acids is 1. The van der Waals surface area contributed by atoms with Crippen LogP contribution in [-0.2, 0) is 9.47 Å². The Hall–Kier alpha value is -10.4. The topological polar surface area (TPSA) is 500 Å². The third kappa shape index (κ3) is 30.1. The molecule has 46 heteroatoms. The molecule has 2 aliphatic rings. The third-order valence-electron chi connectivity index (χ3n) is 19.1. The number of carboxylic acids is 1. The lowest BCUT2D eigenvalue weighted by Gasteiger charge is -2.34. The van der Waals surface area contributed by atoms with E-state index in [9.17, 15) is 43.2 Å². The molecule has 2 saturated heterocycles. The number of carboxylic acid groups (broad SMARTS) is 1. The van der Waals surface area contributed by atoms with Crippen molar-refractivity contribution in [1.82, 2.24) is 84.4 Å². The summed E-state index contributed by atoms with van der Waals surface area (Å²) in [5.41, 5.74) is 22.3. The average Bonchev–Trinajstić information content (AvgIpc) is 0.748. The number of hydrogen-bond donors (Lipinski definition) is 10. The molecule has 0 bridgehead atoms. The summed E-state index contributed by atoms with van der Waals surface area (Å²) in [6.45, 7) is 38.2. The molecule has 0 aromatic carbocycles. The minimum Gasteiger partial charge on any atom is -0.491 e. The summed E-state index contributed by atoms with van der Waals surface area (Å²) in [6.07, 6.45) is 6.21. The number of aliphatic hydroxyl groups excluding tert-OH is 1. The zero-order valence-electron chi connectivity index (χ0n) is 76.1. The number of anilines is 3. The fourth-order valence-corrected chi connectivity index (χ4v) is 16.0. The van der Waals surface area contributed by atoms with Crippen molar-refractivity contribution in [3.8, 4) is 17.1 Å². The number of halogens is 11. The van der Waals surface area contributed by atoms with E-state index in [1.807, 2.05) is 123 Å². The fraction of sp³-hybridized carbons (Fsp3) is 0.386. The number of nitrogens with two attached hydrogens (primary N) is 3. The van der Waals surface area contributed by atoms with Gasteiger partial charge in [0.1, 0.15) is 87.3 Å². The maximum absolute atomic E-state index is 13.1. The first-order chi connectivity index (χ1) is 62.6. The lowest BCUT2D eigenvalue weighted by molar-refractivity contribution is 0.0165. The molecule has 0 saturated carbocycles. The largest absolute Gasteiger partial charge is 0.491 e. The van der Waals surface area contributed by atoms with Crippen molar-refractivity contribution in [2.45, 2.75) is 172 Å². The third-order valence-corrected chi connectivity index (χ3v) is 21.8. The quantitative estimate of drug-likeness (QED) is 0.0426. The van der Waals surface area contributed by atoms with Crippen LogP contribution < -0.4 is 60.4 Å². The van der Waals surface area contributed by atoms with Crippen LogP contribution in [0.2, 0.25) is 56.2 Å². The fourth-order valence-electron chi connectivity index (χ4n) is 13.0. The number of nitrogens with zero attached hydrogens (tertiary/aromatic N) is 13. The second kappa shape index (κ2) is 48.9. The standard InChI is InChI=1S/C26H33ClN6O5.C16H14Cl2N4O2.C15H16Cl2N4O.C10H20N2O3.C9H14N2.C6H3Cl3N2O.C6H2Cl3NO2/c1-14(2)20-21(15(3)7-8-29-20)33-22-19(23(34)31-24(33)35)17(11-18(27)30-22)37-13-16-12-32(10-9-28-16)25(36)38-26(4,5)6;1-7(2)12-13(8(3)4-5-19-12)22-14-11(15(23)21-16(22)24)9(17)6-10(18)20-14;1-7(2)12-13(8(3)4-5-19-12)21-15-11(14(18)22)9(16)6-10(17)20-15;1-10(2,3)15-9(14)12-5-4-11-8(6-12)7-13;1-6(2)9-8(10)7(3)4-5-11-9;7-2-1-3(8)11-5(9)4(2)6(10)12;7-2-1-3(8)10-5(9)4(2)6(11)12/h7-8,11,14,16,28H,9-10,12-13H2,1-6H3,(H,31,34,35);4-7H,1-3H3,(H,21,23,24);4-7H,1-3H3,(H2,18,22)(H,20,21);8,11,13H,4-7H2,1-3H3;4-6H,10H2,1-3H3;1H,(H2,10,12);1H,(H,11,12)/t16-;;;8-;;;/m0..0.../s1. The molecular weight excluding hydrogens is 1970 g/mol. The highest BCUT2D eigenvalue weighted by molar-refractivity contribution is 6.42. The Kier molecular flexibility index (Phi) is 40.4. The zero-order valence-corrected chi connectivity index (χ0v) is 84.4. The molecule has 134 heavy (non-hydrogen) atoms. The van der Waals surface area contributed by atoms with Crippen molar-refractivity contribution >= 4 is 197 Å². The molecule has 2 atom stereocenters. The highest BCUT2D eigenvalue weighted by Crippen LogP contribution is 2.36. The van der Waals surface area contributed by atoms with Gasteiger partial charge in [0.05, 0.1) is 83.8 Å². The van der Waals surface area contributed by atoms with Crippen LogP contribution in [0.15, 0.2) is 98.6 Å². The van der Waals surface area contributed by atoms with Crippen LogP contribution in [0, 0.1) is 27.7 Å². The maximum atomic E-state index is 13.1. The number of nitrogens with one attached hydrogen (secondary N) is 5. The summed E-state index contributed by atoms with van der Waals surface area (Å²) < 4.78 is 19.4. The zero-order chi connectivity index (χ0) is 100. The predicted molar refractivity (Wildman–Crippen MR) is 527 cm³/mol. The minimum atomic E-state index is -1.23. The number of carbonyl (C=O) groups is 5. The molecule has 11 aromatic rings. The van der Waals surface area contributed by atoms with Gasteiger partial charge in [-0.15, -0.1) is 0 Å². The van der Waals surface area contributed by atoms with Crippen LogP contribution in [0.5, 0.6) is 5.75 Å². The number of piperazine rings is 2. The minimum absolute atomic E-state index is 0.000947. The van der Waals surface area contributed by atoms with E-state index in [1.165, 1.54) is 39.5 Å². The lowest BCUT2D eigenvalue weighted by atomic mass is 10.0. The van der Waals surface area contributed by atoms with Crippen molar-refractivity contribution < 1.29 is 48.4 Å². The van der Waals surface area contributed by atoms with Crippen LogP contribution >= 0.6 is 128 Å². The van der Waals surface area contributed by atoms with Gasteiger partial charge < -0.3 is 67.4 Å². The van der Waals surface area contributed by atoms with Gasteiger partial charge in [-0.05, 0) is 164 Å². The Morgan fingerprint density at radius 3 is 1.29 bits per heavy atom. The number of pyridine rings is 9. The first-order valence-corrected chi connectivity index (χ1v) is 45.3. The van der Waals surface area contributed by atoms with Crippen LogP contribution in [-0.4, -0.2) is 190 Å². The maximum Gasteiger partial charge on any atom is 0.410 e. The van der Waals surface area contributed by atoms with E-state index in [1.54, 1.807) is 46.7 Å². The molecule has 35 nitrogen and oxygen atoms in total. The highest BCUT2D eigenvalue weighted by atomic mass is 35.5. The first kappa shape index (κ1) is 111. The number of aliphatic hydroxyl groups is 1. The van der Waals surface area contributed by atoms with Gasteiger partial charge in [-0.2, -0.15) is 0 Å². The molecule has 4 amide bonds. The smallest absolute Gasteiger partial charge is 0.410 e. The number of carbonyl (C=O) groups excluding carboxylic acids is 4. The number of ether oxygens (including phenoxy) is 3. The highest BCUT2D eigenvalue weighted by Gasteiger charge is 2.32. The van der Waals surface area contributed by atoms with E-state index in [-0.39, 0.29) is 156 Å². The van der Waals surface area contributed by atoms with E-state index in [4.69, 9.17) is 169 Å². The summed E-state index contributed by atoms with van der Waals surface area (Å²) >= 11 is 63.6. The van der Waals surface area contributed by atoms with Gasteiger partial charge in [0, 0.05) is 76.2 Å². The van der Waals surface area contributed by atoms with E-state index >= 15 is 0 Å². The molecule has 13 rings (SSSR count). The first-order valence-electron chi connectivity index (χ1n) is 41.2. The van der Waals surface area contributed by atoms with Gasteiger partial charge in [0.15, 0.2) is 11.3 Å². The van der Waals surface area contributed by atoms with Crippen molar-refractivity contribution in [3.05, 3.63) is 239 Å². The Morgan fingerprint density at radius 2 is 0.866 bits per heavy atom. The van der Waals surface area contributed by atoms with E-state index in [2.05, 4.69) is 84.6 Å². The molecule has 0 spiro atoms. The van der Waals surface area contributed by atoms with Gasteiger partial charge in [-0.1, -0.05) is 183 Å². The molecule has 13 heterocycles. The Labute approximate surface area is 826 Å². The van der Waals surface area contributed by atoms with E-state index in [0.717, 1.165) is 45.0 Å². The predicted octanol–water partition coefficient (Wildman–Crippen LogP) is 17.6. The molecule has 13 N–H and O–H groups in total. The number of primary amides is 2. The Bertz CT molecular complexity index is 6300. The molecule has 0 aliphatic carbocycles. The number of rotatable bonds is 15. The van der Waals surface area contributed by atoms with E-state index < -0.39 is 57.6 Å². The SMILES string of the molecule is CC(C)(C)OC(=O)N1CCN[C@H](CO)C1.Cc1ccnc(C(C)C)c1-n1c(=O)[nH]c(=O)c2c(Cl)cc(Cl)nc21.Cc1ccnc(C(C)C)c1-n1c(=O)[nH]c(=O)c2c(OC[C@@H]3CN(C(=O)OC(C)(C)C)CCN3)cc(Cl)nc21.Cc1ccnc(C(C)C)c1N.Cc1ccnc(C(C)C)c1Nc1nc(Cl)cc(Cl)c1C(N)=O.NC(=O)c1c(Cl)cc(Cl)nc1Cl.O=C(O)c1c(Cl)cc(Cl)nc1Cl. The Balaban J connectivity index is 0.000000224. The lowest BCUT2D eigenvalue weighted by Crippen LogP contribution is -2.55. The number of hydrogen-bond acceptors (Lipinski definition) is 26. The van der Waals surface area contributed by atoms with Crippen molar-refractivity contribution in [2.24, 2.45) is 11.5 Å². The van der Waals surface area contributed by atoms with Gasteiger partial charge in [-0.3, -0.25) is 49.1 Å². The molecular formula is C88H102Cl11N21O14. The van der Waals surface area contributed by atoms with Gasteiger partial charge in [0.25, 0.3) is 22.9 Å². The number of H-pyrrole nitrogens is 2. The molecule has 720 valence electrons. The number of fused-ring (bicyclic) bond motifs is 2. The number of aryl methyl sites for hydroxylation is 4. The number of nitrogen functional groups attached to an aromatic ring is 1. The Morgan fingerprint density at radius 1 is 0.493 bits per heavy atom. The van der Waals surface area contributed by atoms with Crippen molar-refractivity contribution in [1.29, 1.82) is 0 Å². The average molecular weight is 2070 g/mol. The number of amides is 4. The van der Waals surface area contributed by atoms with E-state index in [0.29, 0.717) is 67.9 Å². The molecule has 11 aromatic heterocycles. The molecule has 2 fully saturated rings. The van der Waals surface area contributed by atoms with Crippen molar-refractivity contribution in [3.63, 3.8) is 0 Å². The monoisotopic (exact) mass is 2060 g/mol. The summed E-state index contributed by atoms with van der Waals surface area (Å²) in [6, 6.07) is 13.8. The van der Waals surface area contributed by atoms with Crippen LogP contribution in [0.4, 0.5) is 26.8 Å². The second-order valence-corrected chi connectivity index (χ2v) is 37.5. The van der Waals surface area contributed by atoms with Crippen LogP contribution in [0.1, 0.15) is 197 Å². The number of aromatic nitrogens is 13. The molecule has 2 aliphatic heterocycles. The summed E-state index contributed by atoms with van der Waals surface area (Å²) in [4.78, 5) is 153. The van der Waals surface area contributed by atoms with Gasteiger partial charge >= 0.3 is 29.5 Å². The van der Waals surface area contributed by atoms with Crippen LogP contribution in [0.25, 0.3) is 33.4 Å². The second-order valence-electron chi connectivity index (χ2n) is 33.3. The van der Waals surface area contributed by atoms with Crippen molar-refractivity contribution in [2.75, 3.05) is 63.5 Å². The van der Waals surface area contributed by atoms with Gasteiger partial charge in [-0.25, -0.2) is 58.0 Å². The summed E-state index contributed by atoms with van der Waals surface area (Å²) in [5, 5.41) is 27.9. The molecule has 0 unspecified atom stereocenters. The summed E-state index contributed by atoms with van der Waals surface area (Å²) in [5.74, 6) is -1.57. The number of aromatic amines is 2. The van der Waals surface area contributed by atoms with Gasteiger partial charge in [0.2, 0.25) is 0 Å². The van der Waals surface area contributed by atoms with Crippen LogP contribution in [0.3, 0.4) is 0 Å².